The minimum atomic E-state index is 0. The predicted octanol–water partition coefficient (Wildman–Crippen LogP) is -2.64. The molecule has 0 aromatic carbocycles. The van der Waals surface area contributed by atoms with Gasteiger partial charge in [-0.25, -0.2) is 0 Å². The molecule has 0 N–H and O–H groups in total. The van der Waals surface area contributed by atoms with Gasteiger partial charge in [-0.2, -0.15) is 0 Å². The fraction of sp³-hybridized carbons (Fsp3) is 0. The van der Waals surface area contributed by atoms with Crippen LogP contribution in [0.3, 0.4) is 0 Å². The molecule has 0 aromatic rings. The first-order valence-electron chi connectivity index (χ1n) is 0. The van der Waals surface area contributed by atoms with Crippen molar-refractivity contribution < 1.29 is 55.3 Å². The summed E-state index contributed by atoms with van der Waals surface area (Å²) in [5.41, 5.74) is 0. The Morgan fingerprint density at radius 2 is 1.00 bits per heavy atom. The second kappa shape index (κ2) is 31.7. The fourth-order valence-electron chi connectivity index (χ4n) is 0. The molecule has 0 spiro atoms. The molecule has 0 saturated heterocycles. The van der Waals surface area contributed by atoms with Crippen LogP contribution in [0.2, 0.25) is 0 Å². The molecule has 0 fully saturated rings. The van der Waals surface area contributed by atoms with Gasteiger partial charge in [-0.05, 0) is 11.0 Å². The van der Waals surface area contributed by atoms with Gasteiger partial charge < -0.3 is 0 Å². The van der Waals surface area contributed by atoms with Crippen molar-refractivity contribution in [2.45, 2.75) is 0 Å². The molecular formula is H7AlCuNiSiTi. The second-order valence-corrected chi connectivity index (χ2v) is 0. The van der Waals surface area contributed by atoms with Crippen LogP contribution < -0.4 is 0 Å². The van der Waals surface area contributed by atoms with Crippen LogP contribution in [0.4, 0.5) is 0 Å². The van der Waals surface area contributed by atoms with E-state index in [0.29, 0.717) is 0 Å². The van der Waals surface area contributed by atoms with Gasteiger partial charge in [0.15, 0.2) is 17.4 Å². The van der Waals surface area contributed by atoms with Crippen molar-refractivity contribution in [3.63, 3.8) is 0 Å². The van der Waals surface area contributed by atoms with E-state index in [-0.39, 0.29) is 83.6 Å². The van der Waals surface area contributed by atoms with E-state index in [1.807, 2.05) is 0 Å². The van der Waals surface area contributed by atoms with Crippen molar-refractivity contribution in [2.75, 3.05) is 0 Å². The monoisotopic (exact) mass is 231 g/mol. The minimum Gasteiger partial charge on any atom is -0.0149 e. The van der Waals surface area contributed by atoms with E-state index >= 15 is 0 Å². The van der Waals surface area contributed by atoms with Gasteiger partial charge in [-0.3, -0.25) is 0 Å². The van der Waals surface area contributed by atoms with Gasteiger partial charge in [-0.15, -0.1) is 0 Å². The zero-order valence-electron chi connectivity index (χ0n) is 1.12. The summed E-state index contributed by atoms with van der Waals surface area (Å²) in [6.45, 7) is 0. The molecule has 5 heteroatoms. The first-order valence-corrected chi connectivity index (χ1v) is 0. The van der Waals surface area contributed by atoms with E-state index < -0.39 is 0 Å². The standard InChI is InChI=1S/Al.Cu.Ni.H4Si.Ti.3H/h;;;1H4;;;;. The molecule has 0 unspecified atom stereocenters. The third-order valence-electron chi connectivity index (χ3n) is 0. The van der Waals surface area contributed by atoms with Gasteiger partial charge >= 0.3 is 0 Å². The van der Waals surface area contributed by atoms with Crippen LogP contribution in [-0.2, 0) is 55.3 Å². The van der Waals surface area contributed by atoms with Crippen molar-refractivity contribution in [2.24, 2.45) is 0 Å². The Hall–Kier alpha value is 2.48. The molecule has 39 valence electrons. The van der Waals surface area contributed by atoms with E-state index in [1.165, 1.54) is 0 Å². The van der Waals surface area contributed by atoms with Gasteiger partial charge in [0.2, 0.25) is 0 Å². The van der Waals surface area contributed by atoms with Crippen molar-refractivity contribution in [1.82, 2.24) is 0 Å². The first-order chi connectivity index (χ1) is 0. The topological polar surface area (TPSA) is 0 Å². The van der Waals surface area contributed by atoms with Crippen LogP contribution in [-0.4, -0.2) is 28.3 Å². The van der Waals surface area contributed by atoms with E-state index in [0.717, 1.165) is 0 Å². The van der Waals surface area contributed by atoms with Crippen molar-refractivity contribution in [1.29, 1.82) is 0 Å². The van der Waals surface area contributed by atoms with Crippen LogP contribution in [0.5, 0.6) is 0 Å². The Labute approximate surface area is 82.7 Å². The maximum Gasteiger partial charge on any atom is 0.187 e. The number of rotatable bonds is 0. The molecule has 0 amide bonds. The van der Waals surface area contributed by atoms with E-state index in [1.54, 1.807) is 0 Å². The van der Waals surface area contributed by atoms with Crippen LogP contribution >= 0.6 is 0 Å². The Balaban J connectivity index is 0. The largest absolute Gasteiger partial charge is 0.187 e. The first kappa shape index (κ1) is 51.1. The second-order valence-electron chi connectivity index (χ2n) is 0. The fourth-order valence-corrected chi connectivity index (χ4v) is 0. The normalized spacial score (nSPS) is 0. The molecule has 0 aliphatic heterocycles. The van der Waals surface area contributed by atoms with Gasteiger partial charge in [0, 0.05) is 55.3 Å². The quantitative estimate of drug-likeness (QED) is 0.400. The molecule has 0 heterocycles. The van der Waals surface area contributed by atoms with Crippen molar-refractivity contribution in [3.05, 3.63) is 0 Å². The summed E-state index contributed by atoms with van der Waals surface area (Å²) in [5, 5.41) is 0. The predicted molar refractivity (Wildman–Crippen MR) is 21.3 cm³/mol. The number of hydrogen-bond donors (Lipinski definition) is 0. The summed E-state index contributed by atoms with van der Waals surface area (Å²) in [6, 6.07) is 0. The molecule has 5 heavy (non-hydrogen) atoms. The van der Waals surface area contributed by atoms with Gasteiger partial charge in [0.1, 0.15) is 0 Å². The summed E-state index contributed by atoms with van der Waals surface area (Å²) >= 11 is 0. The molecule has 1 radical (unpaired) electrons. The Bertz CT molecular complexity index is 11.6. The average Bonchev–Trinajstić information content (AvgIpc) is 0. The summed E-state index contributed by atoms with van der Waals surface area (Å²) in [4.78, 5) is 0. The summed E-state index contributed by atoms with van der Waals surface area (Å²) in [5.74, 6) is 0. The Kier molecular flexibility index (Phi) is 324. The van der Waals surface area contributed by atoms with Gasteiger partial charge in [-0.1, -0.05) is 0 Å². The van der Waals surface area contributed by atoms with Crippen LogP contribution in [0.1, 0.15) is 0 Å². The molecule has 0 rings (SSSR count). The Morgan fingerprint density at radius 1 is 1.00 bits per heavy atom. The van der Waals surface area contributed by atoms with Gasteiger partial charge in [0.25, 0.3) is 0 Å². The summed E-state index contributed by atoms with van der Waals surface area (Å²) < 4.78 is 0. The van der Waals surface area contributed by atoms with Crippen LogP contribution in [0.25, 0.3) is 0 Å². The maximum atomic E-state index is 0. The molecule has 0 aliphatic carbocycles. The van der Waals surface area contributed by atoms with Crippen molar-refractivity contribution in [3.8, 4) is 0 Å². The van der Waals surface area contributed by atoms with Crippen LogP contribution in [0.15, 0.2) is 0 Å². The molecule has 0 bridgehead atoms. The zero-order valence-corrected chi connectivity index (χ0v) is 4.61. The smallest absolute Gasteiger partial charge is 0.0149 e. The summed E-state index contributed by atoms with van der Waals surface area (Å²) in [6.07, 6.45) is 0. The van der Waals surface area contributed by atoms with Gasteiger partial charge in [0.05, 0.1) is 0 Å². The molecule has 0 aromatic heterocycles. The molecule has 0 nitrogen and oxygen atoms in total. The molecule has 0 atom stereocenters. The van der Waals surface area contributed by atoms with Crippen molar-refractivity contribution >= 4 is 28.3 Å². The third-order valence-corrected chi connectivity index (χ3v) is 0. The average molecular weight is 232 g/mol. The molecular weight excluding hydrogens is 225 g/mol. The molecule has 0 aliphatic rings. The Morgan fingerprint density at radius 3 is 1.00 bits per heavy atom. The molecule has 0 saturated carbocycles. The number of hydrogen-bond acceptors (Lipinski definition) is 0. The maximum absolute atomic E-state index is 0. The summed E-state index contributed by atoms with van der Waals surface area (Å²) in [7, 11) is 0. The minimum absolute atomic E-state index is 0. The SMILES string of the molecule is [AlH3].[Cu].[Ni].[SiH4].[Ti]. The zero-order chi connectivity index (χ0) is 0. The third kappa shape index (κ3) is 21.2. The van der Waals surface area contributed by atoms with E-state index in [2.05, 4.69) is 0 Å². The van der Waals surface area contributed by atoms with E-state index in [9.17, 15) is 0 Å². The van der Waals surface area contributed by atoms with E-state index in [4.69, 9.17) is 0 Å². The van der Waals surface area contributed by atoms with Crippen LogP contribution in [0, 0.1) is 0 Å².